The van der Waals surface area contributed by atoms with Gasteiger partial charge in [-0.15, -0.1) is 0 Å². The number of rotatable bonds is 20. The van der Waals surface area contributed by atoms with Gasteiger partial charge in [-0.25, -0.2) is 4.79 Å². The van der Waals surface area contributed by atoms with Gasteiger partial charge in [-0.1, -0.05) is 74.8 Å². The molecule has 0 aliphatic heterocycles. The highest BCUT2D eigenvalue weighted by Crippen LogP contribution is 2.15. The van der Waals surface area contributed by atoms with E-state index in [9.17, 15) is 39.0 Å². The molecule has 5 amide bonds. The maximum absolute atomic E-state index is 13.6. The number of aromatic carboxylic acids is 1. The quantitative estimate of drug-likeness (QED) is 0.109. The minimum Gasteiger partial charge on any atom is -0.478 e. The van der Waals surface area contributed by atoms with Gasteiger partial charge in [-0.2, -0.15) is 0 Å². The largest absolute Gasteiger partial charge is 0.478 e. The maximum Gasteiger partial charge on any atom is 0.335 e. The van der Waals surface area contributed by atoms with E-state index in [1.54, 1.807) is 27.7 Å². The Morgan fingerprint density at radius 2 is 1.42 bits per heavy atom. The van der Waals surface area contributed by atoms with Gasteiger partial charge in [0.25, 0.3) is 5.91 Å². The molecule has 0 unspecified atom stereocenters. The van der Waals surface area contributed by atoms with E-state index in [0.29, 0.717) is 25.8 Å². The van der Waals surface area contributed by atoms with Crippen LogP contribution in [0, 0.1) is 17.8 Å². The van der Waals surface area contributed by atoms with Crippen molar-refractivity contribution >= 4 is 35.5 Å². The molecule has 0 aromatic heterocycles. The van der Waals surface area contributed by atoms with E-state index in [0.717, 1.165) is 0 Å². The molecule has 0 radical (unpaired) electrons. The standard InChI is InChI=1S/C34H55N5O8.CH4/c1-9-13-24(36-33(45)29(21(8)10-2)39-30(42)22-14-12-15-23(17-22)34(46)47)31(43)37-25(16-19(4)5)26(40)18-27(41)38-28(20(6)7)32(44)35-11-3;/h12,14-15,17,19-21,24-26,28-29,40H,9-11,13,16,18H2,1-8H3,(H,35,44)(H,36,45)(H,37,43)(H,38,41)(H,39,42)(H,46,47);1H4/t21-,24-,25-,26-,28-,29-;/m0./s1. The highest BCUT2D eigenvalue weighted by molar-refractivity contribution is 6.00. The molecule has 0 aliphatic rings. The number of aliphatic hydroxyl groups is 1. The molecule has 6 atom stereocenters. The van der Waals surface area contributed by atoms with Gasteiger partial charge in [0.1, 0.15) is 18.1 Å². The topological polar surface area (TPSA) is 203 Å². The smallest absolute Gasteiger partial charge is 0.335 e. The van der Waals surface area contributed by atoms with E-state index in [2.05, 4.69) is 26.6 Å². The first-order valence-electron chi connectivity index (χ1n) is 16.6. The predicted octanol–water partition coefficient (Wildman–Crippen LogP) is 3.01. The molecule has 7 N–H and O–H groups in total. The van der Waals surface area contributed by atoms with Crippen LogP contribution in [-0.4, -0.2) is 82.5 Å². The molecular formula is C35H59N5O8. The van der Waals surface area contributed by atoms with E-state index in [1.807, 2.05) is 27.7 Å². The van der Waals surface area contributed by atoms with Gasteiger partial charge in [-0.3, -0.25) is 24.0 Å². The zero-order chi connectivity index (χ0) is 35.8. The fourth-order valence-corrected chi connectivity index (χ4v) is 5.03. The second-order valence-electron chi connectivity index (χ2n) is 12.8. The molecule has 0 saturated carbocycles. The Kier molecular flexibility index (Phi) is 20.0. The fraction of sp³-hybridized carbons (Fsp3) is 0.657. The number of carboxylic acid groups (broad SMARTS) is 1. The first-order valence-corrected chi connectivity index (χ1v) is 16.6. The lowest BCUT2D eigenvalue weighted by Gasteiger charge is -2.30. The number of carboxylic acids is 1. The van der Waals surface area contributed by atoms with Gasteiger partial charge in [0.2, 0.25) is 23.6 Å². The van der Waals surface area contributed by atoms with E-state index >= 15 is 0 Å². The Balaban J connectivity index is 0.0000221. The van der Waals surface area contributed by atoms with Crippen LogP contribution < -0.4 is 26.6 Å². The molecule has 1 rings (SSSR count). The summed E-state index contributed by atoms with van der Waals surface area (Å²) in [6.45, 7) is 15.1. The van der Waals surface area contributed by atoms with Crippen molar-refractivity contribution in [2.24, 2.45) is 17.8 Å². The average Bonchev–Trinajstić information content (AvgIpc) is 3.00. The molecule has 48 heavy (non-hydrogen) atoms. The molecular weight excluding hydrogens is 618 g/mol. The SMILES string of the molecule is C.CCC[C@H](NC(=O)[C@@H](NC(=O)c1cccc(C(=O)O)c1)[C@@H](C)CC)C(=O)N[C@@H](CC(C)C)[C@@H](O)CC(=O)N[C@H](C(=O)NCC)C(C)C. The molecule has 13 heteroatoms. The summed E-state index contributed by atoms with van der Waals surface area (Å²) in [5, 5.41) is 34.0. The van der Waals surface area contributed by atoms with Crippen LogP contribution in [-0.2, 0) is 19.2 Å². The molecule has 0 fully saturated rings. The van der Waals surface area contributed by atoms with Crippen molar-refractivity contribution in [2.75, 3.05) is 6.54 Å². The van der Waals surface area contributed by atoms with Gasteiger partial charge in [0.15, 0.2) is 0 Å². The van der Waals surface area contributed by atoms with Crippen molar-refractivity contribution in [1.29, 1.82) is 0 Å². The summed E-state index contributed by atoms with van der Waals surface area (Å²) in [5.41, 5.74) is 0.00772. The lowest BCUT2D eigenvalue weighted by Crippen LogP contribution is -2.58. The van der Waals surface area contributed by atoms with Gasteiger partial charge in [0.05, 0.1) is 24.1 Å². The van der Waals surface area contributed by atoms with Crippen LogP contribution in [0.15, 0.2) is 24.3 Å². The molecule has 0 bridgehead atoms. The maximum atomic E-state index is 13.6. The zero-order valence-electron chi connectivity index (χ0n) is 29.0. The second-order valence-corrected chi connectivity index (χ2v) is 12.8. The fourth-order valence-electron chi connectivity index (χ4n) is 5.03. The highest BCUT2D eigenvalue weighted by atomic mass is 16.4. The normalized spacial score (nSPS) is 14.7. The number of likely N-dealkylation sites (N-methyl/N-ethyl adjacent to an activating group) is 1. The number of carbonyl (C=O) groups is 6. The number of hydrogen-bond donors (Lipinski definition) is 7. The van der Waals surface area contributed by atoms with Crippen molar-refractivity contribution in [3.63, 3.8) is 0 Å². The Hall–Kier alpha value is -4.00. The van der Waals surface area contributed by atoms with Crippen LogP contribution in [0.1, 0.15) is 116 Å². The van der Waals surface area contributed by atoms with E-state index in [4.69, 9.17) is 0 Å². The summed E-state index contributed by atoms with van der Waals surface area (Å²) in [4.78, 5) is 76.8. The van der Waals surface area contributed by atoms with Crippen LogP contribution in [0.3, 0.4) is 0 Å². The molecule has 1 aromatic carbocycles. The molecule has 272 valence electrons. The molecule has 0 spiro atoms. The minimum atomic E-state index is -1.27. The van der Waals surface area contributed by atoms with Gasteiger partial charge in [0, 0.05) is 12.1 Å². The number of aliphatic hydroxyl groups excluding tert-OH is 1. The lowest BCUT2D eigenvalue weighted by molar-refractivity contribution is -0.133. The van der Waals surface area contributed by atoms with Crippen LogP contribution >= 0.6 is 0 Å². The first-order chi connectivity index (χ1) is 22.1. The van der Waals surface area contributed by atoms with Crippen LogP contribution in [0.4, 0.5) is 0 Å². The van der Waals surface area contributed by atoms with Gasteiger partial charge < -0.3 is 36.8 Å². The predicted molar refractivity (Wildman–Crippen MR) is 185 cm³/mol. The molecule has 13 nitrogen and oxygen atoms in total. The number of carbonyl (C=O) groups excluding carboxylic acids is 5. The molecule has 1 aromatic rings. The summed E-state index contributed by atoms with van der Waals surface area (Å²) in [5.74, 6) is -4.28. The number of amides is 5. The van der Waals surface area contributed by atoms with Crippen LogP contribution in [0.25, 0.3) is 0 Å². The monoisotopic (exact) mass is 677 g/mol. The van der Waals surface area contributed by atoms with Crippen molar-refractivity contribution in [3.8, 4) is 0 Å². The lowest BCUT2D eigenvalue weighted by atomic mass is 9.95. The molecule has 0 saturated heterocycles. The number of benzene rings is 1. The van der Waals surface area contributed by atoms with Gasteiger partial charge >= 0.3 is 5.97 Å². The third-order valence-corrected chi connectivity index (χ3v) is 7.89. The highest BCUT2D eigenvalue weighted by Gasteiger charge is 2.33. The first kappa shape index (κ1) is 44.0. The van der Waals surface area contributed by atoms with E-state index in [-0.39, 0.29) is 55.1 Å². The van der Waals surface area contributed by atoms with Crippen molar-refractivity contribution in [1.82, 2.24) is 26.6 Å². The number of nitrogens with one attached hydrogen (secondary N) is 5. The Morgan fingerprint density at radius 1 is 0.792 bits per heavy atom. The Bertz CT molecular complexity index is 1220. The third-order valence-electron chi connectivity index (χ3n) is 7.89. The van der Waals surface area contributed by atoms with Crippen molar-refractivity contribution in [3.05, 3.63) is 35.4 Å². The van der Waals surface area contributed by atoms with Crippen LogP contribution in [0.2, 0.25) is 0 Å². The second kappa shape index (κ2) is 21.8. The third kappa shape index (κ3) is 14.4. The van der Waals surface area contributed by atoms with Gasteiger partial charge in [-0.05, 0) is 55.7 Å². The summed E-state index contributed by atoms with van der Waals surface area (Å²) in [6, 6.07) is 1.85. The molecule has 0 aliphatic carbocycles. The van der Waals surface area contributed by atoms with E-state index in [1.165, 1.54) is 24.3 Å². The Morgan fingerprint density at radius 3 is 1.94 bits per heavy atom. The summed E-state index contributed by atoms with van der Waals surface area (Å²) in [6.07, 6.45) is 0.0637. The summed E-state index contributed by atoms with van der Waals surface area (Å²) in [7, 11) is 0. The van der Waals surface area contributed by atoms with Crippen LogP contribution in [0.5, 0.6) is 0 Å². The minimum absolute atomic E-state index is 0. The van der Waals surface area contributed by atoms with Crippen molar-refractivity contribution in [2.45, 2.75) is 125 Å². The zero-order valence-corrected chi connectivity index (χ0v) is 29.0. The Labute approximate surface area is 285 Å². The van der Waals surface area contributed by atoms with Crippen molar-refractivity contribution < 1.29 is 39.0 Å². The number of hydrogen-bond acceptors (Lipinski definition) is 7. The average molecular weight is 678 g/mol. The molecule has 0 heterocycles. The summed E-state index contributed by atoms with van der Waals surface area (Å²) >= 11 is 0. The van der Waals surface area contributed by atoms with E-state index < -0.39 is 59.9 Å². The summed E-state index contributed by atoms with van der Waals surface area (Å²) < 4.78 is 0.